The number of fused-ring (bicyclic) bond motifs is 1. The summed E-state index contributed by atoms with van der Waals surface area (Å²) in [5, 5.41) is 0. The Hall–Kier alpha value is -0.0400. The second kappa shape index (κ2) is 2.54. The molecular formula is C9H17N. The van der Waals surface area contributed by atoms with Crippen LogP contribution in [0.15, 0.2) is 0 Å². The predicted octanol–water partition coefficient (Wildman–Crippen LogP) is 1.91. The summed E-state index contributed by atoms with van der Waals surface area (Å²) in [6, 6.07) is 0.560. The first-order valence-electron chi connectivity index (χ1n) is 4.63. The van der Waals surface area contributed by atoms with Crippen LogP contribution in [0, 0.1) is 11.8 Å². The molecule has 2 saturated carbocycles. The highest BCUT2D eigenvalue weighted by molar-refractivity contribution is 4.94. The highest BCUT2D eigenvalue weighted by Gasteiger charge is 2.40. The molecule has 2 aliphatic rings. The first kappa shape index (κ1) is 6.66. The Morgan fingerprint density at radius 1 is 1.00 bits per heavy atom. The van der Waals surface area contributed by atoms with Gasteiger partial charge in [-0.15, -0.1) is 0 Å². The largest absolute Gasteiger partial charge is 0.327 e. The minimum Gasteiger partial charge on any atom is -0.327 e. The molecule has 0 heterocycles. The number of rotatable bonds is 0. The molecule has 0 bridgehead atoms. The molecule has 0 radical (unpaired) electrons. The molecule has 2 N–H and O–H groups in total. The third-order valence-electron chi connectivity index (χ3n) is 3.14. The molecule has 0 amide bonds. The molecule has 0 aromatic heterocycles. The van der Waals surface area contributed by atoms with Crippen LogP contribution in [0.3, 0.4) is 0 Å². The lowest BCUT2D eigenvalue weighted by molar-refractivity contribution is 0.434. The number of hydrogen-bond acceptors (Lipinski definition) is 1. The van der Waals surface area contributed by atoms with E-state index in [9.17, 15) is 0 Å². The maximum atomic E-state index is 5.99. The molecule has 0 aliphatic heterocycles. The van der Waals surface area contributed by atoms with Gasteiger partial charge in [-0.1, -0.05) is 25.7 Å². The van der Waals surface area contributed by atoms with Gasteiger partial charge in [-0.3, -0.25) is 0 Å². The van der Waals surface area contributed by atoms with Gasteiger partial charge in [0.15, 0.2) is 0 Å². The Balaban J connectivity index is 1.88. The smallest absolute Gasteiger partial charge is 0.00699 e. The summed E-state index contributed by atoms with van der Waals surface area (Å²) in [6.07, 6.45) is 8.48. The standard InChI is InChI=1S/C9H17N/c10-9-5-3-1-2-4-7-6-8(7)9/h7-9H,1-6,10H2. The molecule has 1 nitrogen and oxygen atoms in total. The zero-order valence-electron chi connectivity index (χ0n) is 6.55. The molecule has 0 aromatic carbocycles. The molecule has 58 valence electrons. The van der Waals surface area contributed by atoms with Gasteiger partial charge in [-0.05, 0) is 24.7 Å². The van der Waals surface area contributed by atoms with Crippen LogP contribution in [0.4, 0.5) is 0 Å². The van der Waals surface area contributed by atoms with Crippen LogP contribution in [0.25, 0.3) is 0 Å². The van der Waals surface area contributed by atoms with Gasteiger partial charge >= 0.3 is 0 Å². The zero-order valence-corrected chi connectivity index (χ0v) is 6.55. The first-order valence-corrected chi connectivity index (χ1v) is 4.63. The van der Waals surface area contributed by atoms with Crippen molar-refractivity contribution in [3.63, 3.8) is 0 Å². The van der Waals surface area contributed by atoms with Crippen molar-refractivity contribution in [3.8, 4) is 0 Å². The van der Waals surface area contributed by atoms with E-state index in [4.69, 9.17) is 5.73 Å². The average molecular weight is 139 g/mol. The molecule has 2 aliphatic carbocycles. The fourth-order valence-electron chi connectivity index (χ4n) is 2.30. The van der Waals surface area contributed by atoms with E-state index in [1.807, 2.05) is 0 Å². The van der Waals surface area contributed by atoms with Crippen LogP contribution in [-0.4, -0.2) is 6.04 Å². The Morgan fingerprint density at radius 2 is 1.80 bits per heavy atom. The van der Waals surface area contributed by atoms with Crippen molar-refractivity contribution in [2.45, 2.75) is 44.6 Å². The van der Waals surface area contributed by atoms with Gasteiger partial charge in [0.2, 0.25) is 0 Å². The molecular weight excluding hydrogens is 122 g/mol. The Morgan fingerprint density at radius 3 is 2.70 bits per heavy atom. The molecule has 2 rings (SSSR count). The minimum absolute atomic E-state index is 0.560. The summed E-state index contributed by atoms with van der Waals surface area (Å²) in [4.78, 5) is 0. The third kappa shape index (κ3) is 1.20. The maximum absolute atomic E-state index is 5.99. The highest BCUT2D eigenvalue weighted by atomic mass is 14.7. The molecule has 0 spiro atoms. The summed E-state index contributed by atoms with van der Waals surface area (Å²) in [7, 11) is 0. The van der Waals surface area contributed by atoms with Gasteiger partial charge in [0.25, 0.3) is 0 Å². The van der Waals surface area contributed by atoms with Gasteiger partial charge in [0, 0.05) is 6.04 Å². The predicted molar refractivity (Wildman–Crippen MR) is 42.7 cm³/mol. The van der Waals surface area contributed by atoms with E-state index in [-0.39, 0.29) is 0 Å². The lowest BCUT2D eigenvalue weighted by Gasteiger charge is -2.13. The van der Waals surface area contributed by atoms with Gasteiger partial charge in [0.1, 0.15) is 0 Å². The third-order valence-corrected chi connectivity index (χ3v) is 3.14. The van der Waals surface area contributed by atoms with E-state index in [1.54, 1.807) is 0 Å². The Labute approximate surface area is 63.0 Å². The molecule has 3 atom stereocenters. The van der Waals surface area contributed by atoms with Crippen molar-refractivity contribution >= 4 is 0 Å². The number of hydrogen-bond donors (Lipinski definition) is 1. The summed E-state index contributed by atoms with van der Waals surface area (Å²) in [5.74, 6) is 1.97. The lowest BCUT2D eigenvalue weighted by Crippen LogP contribution is -2.24. The van der Waals surface area contributed by atoms with E-state index in [0.29, 0.717) is 6.04 Å². The highest BCUT2D eigenvalue weighted by Crippen LogP contribution is 2.46. The van der Waals surface area contributed by atoms with E-state index in [2.05, 4.69) is 0 Å². The fourth-order valence-corrected chi connectivity index (χ4v) is 2.30. The summed E-state index contributed by atoms with van der Waals surface area (Å²) in [6.45, 7) is 0. The van der Waals surface area contributed by atoms with Crippen LogP contribution >= 0.6 is 0 Å². The SMILES string of the molecule is NC1CCCCCC2CC12. The minimum atomic E-state index is 0.560. The van der Waals surface area contributed by atoms with Crippen LogP contribution in [0.1, 0.15) is 38.5 Å². The van der Waals surface area contributed by atoms with Crippen molar-refractivity contribution in [2.75, 3.05) is 0 Å². The fraction of sp³-hybridized carbons (Fsp3) is 1.00. The maximum Gasteiger partial charge on any atom is 0.00699 e. The van der Waals surface area contributed by atoms with Gasteiger partial charge in [-0.25, -0.2) is 0 Å². The molecule has 0 saturated heterocycles. The molecule has 3 unspecified atom stereocenters. The van der Waals surface area contributed by atoms with Crippen LogP contribution in [-0.2, 0) is 0 Å². The van der Waals surface area contributed by atoms with Crippen LogP contribution < -0.4 is 5.73 Å². The quantitative estimate of drug-likeness (QED) is 0.545. The van der Waals surface area contributed by atoms with Crippen molar-refractivity contribution in [3.05, 3.63) is 0 Å². The Bertz CT molecular complexity index is 122. The van der Waals surface area contributed by atoms with E-state index in [1.165, 1.54) is 38.5 Å². The first-order chi connectivity index (χ1) is 4.88. The van der Waals surface area contributed by atoms with Crippen molar-refractivity contribution in [1.29, 1.82) is 0 Å². The summed E-state index contributed by atoms with van der Waals surface area (Å²) in [5.41, 5.74) is 5.99. The van der Waals surface area contributed by atoms with Crippen molar-refractivity contribution < 1.29 is 0 Å². The van der Waals surface area contributed by atoms with Gasteiger partial charge in [0.05, 0.1) is 0 Å². The van der Waals surface area contributed by atoms with Crippen molar-refractivity contribution in [1.82, 2.24) is 0 Å². The molecule has 1 heteroatoms. The summed E-state index contributed by atoms with van der Waals surface area (Å²) < 4.78 is 0. The van der Waals surface area contributed by atoms with E-state index < -0.39 is 0 Å². The van der Waals surface area contributed by atoms with Gasteiger partial charge in [-0.2, -0.15) is 0 Å². The average Bonchev–Trinajstić information content (AvgIpc) is 2.62. The topological polar surface area (TPSA) is 26.0 Å². The monoisotopic (exact) mass is 139 g/mol. The van der Waals surface area contributed by atoms with Crippen molar-refractivity contribution in [2.24, 2.45) is 17.6 Å². The Kier molecular flexibility index (Phi) is 1.69. The zero-order chi connectivity index (χ0) is 6.97. The van der Waals surface area contributed by atoms with Gasteiger partial charge < -0.3 is 5.73 Å². The molecule has 2 fully saturated rings. The van der Waals surface area contributed by atoms with E-state index in [0.717, 1.165) is 11.8 Å². The van der Waals surface area contributed by atoms with Crippen LogP contribution in [0.5, 0.6) is 0 Å². The van der Waals surface area contributed by atoms with Crippen LogP contribution in [0.2, 0.25) is 0 Å². The molecule has 10 heavy (non-hydrogen) atoms. The lowest BCUT2D eigenvalue weighted by atomic mass is 9.97. The summed E-state index contributed by atoms with van der Waals surface area (Å²) >= 11 is 0. The second-order valence-corrected chi connectivity index (χ2v) is 3.96. The molecule has 0 aromatic rings. The number of nitrogens with two attached hydrogens (primary N) is 1. The normalized spacial score (nSPS) is 47.1. The second-order valence-electron chi connectivity index (χ2n) is 3.96. The van der Waals surface area contributed by atoms with E-state index >= 15 is 0 Å².